The Kier molecular flexibility index (Phi) is 13.2. The van der Waals surface area contributed by atoms with Crippen LogP contribution in [-0.2, 0) is 46.1 Å². The number of anilines is 1. The molecule has 0 aliphatic carbocycles. The summed E-state index contributed by atoms with van der Waals surface area (Å²) in [6.45, 7) is 1.40. The van der Waals surface area contributed by atoms with Gasteiger partial charge in [0.15, 0.2) is 12.3 Å². The lowest BCUT2D eigenvalue weighted by Gasteiger charge is -2.23. The van der Waals surface area contributed by atoms with E-state index in [2.05, 4.69) is 15.2 Å². The zero-order valence-corrected chi connectivity index (χ0v) is 26.4. The summed E-state index contributed by atoms with van der Waals surface area (Å²) in [5.41, 5.74) is 3.20. The maximum atomic E-state index is 12.5. The van der Waals surface area contributed by atoms with E-state index in [9.17, 15) is 28.1 Å². The van der Waals surface area contributed by atoms with E-state index in [1.165, 1.54) is 19.2 Å². The fourth-order valence-corrected chi connectivity index (χ4v) is 5.54. The molecule has 0 saturated heterocycles. The van der Waals surface area contributed by atoms with Gasteiger partial charge in [-0.05, 0) is 59.6 Å². The number of sulfonamides is 1. The van der Waals surface area contributed by atoms with Gasteiger partial charge >= 0.3 is 12.0 Å². The number of benzene rings is 2. The number of imidazole rings is 1. The summed E-state index contributed by atoms with van der Waals surface area (Å²) in [4.78, 5) is 40.1. The first-order valence-electron chi connectivity index (χ1n) is 13.7. The Bertz CT molecular complexity index is 1510. The minimum absolute atomic E-state index is 0.0698. The Morgan fingerprint density at radius 2 is 1.64 bits per heavy atom. The summed E-state index contributed by atoms with van der Waals surface area (Å²) in [5, 5.41) is 13.7. The van der Waals surface area contributed by atoms with E-state index in [0.717, 1.165) is 47.1 Å². The Balaban J connectivity index is 1.37. The normalized spacial score (nSPS) is 11.2. The Labute approximate surface area is 265 Å². The van der Waals surface area contributed by atoms with Crippen LogP contribution in [0, 0.1) is 10.1 Å². The van der Waals surface area contributed by atoms with Crippen LogP contribution in [0.25, 0.3) is 0 Å². The molecular formula is C28H34Cl2N6O7S. The van der Waals surface area contributed by atoms with Crippen molar-refractivity contribution in [3.63, 3.8) is 0 Å². The van der Waals surface area contributed by atoms with E-state index in [0.29, 0.717) is 37.6 Å². The maximum Gasteiger partial charge on any atom is 0.434 e. The van der Waals surface area contributed by atoms with Gasteiger partial charge in [-0.25, -0.2) is 22.5 Å². The summed E-state index contributed by atoms with van der Waals surface area (Å²) in [7, 11) is -2.85. The predicted octanol–water partition coefficient (Wildman–Crippen LogP) is 3.91. The standard InChI is InChI=1S/C28H34Cl2N6O7S/c1-34-24(19-32-27(34)36(39)40)20-43-28(38)33-44(41,42)25-11-7-22(8-12-25)13-16-31-26(37)4-2-3-21-5-9-23(10-6-21)35(17-14-29)18-15-30/h5-12,19H,2-4,13-18,20H2,1H3,(H,31,37)(H,33,38). The molecule has 0 spiro atoms. The molecule has 0 aliphatic heterocycles. The Morgan fingerprint density at radius 1 is 1.02 bits per heavy atom. The number of alkyl halides is 2. The predicted molar refractivity (Wildman–Crippen MR) is 167 cm³/mol. The lowest BCUT2D eigenvalue weighted by molar-refractivity contribution is -0.396. The molecule has 0 fully saturated rings. The lowest BCUT2D eigenvalue weighted by atomic mass is 10.1. The van der Waals surface area contributed by atoms with Crippen LogP contribution < -0.4 is 14.9 Å². The van der Waals surface area contributed by atoms with Gasteiger partial charge in [-0.1, -0.05) is 29.2 Å². The quantitative estimate of drug-likeness (QED) is 0.123. The first kappa shape index (κ1) is 34.6. The van der Waals surface area contributed by atoms with Crippen molar-refractivity contribution in [2.75, 3.05) is 36.3 Å². The van der Waals surface area contributed by atoms with Crippen LogP contribution in [0.15, 0.2) is 59.6 Å². The molecule has 1 heterocycles. The highest BCUT2D eigenvalue weighted by atomic mass is 35.5. The van der Waals surface area contributed by atoms with Crippen molar-refractivity contribution >= 4 is 56.9 Å². The molecule has 2 aromatic carbocycles. The van der Waals surface area contributed by atoms with Crippen LogP contribution in [0.3, 0.4) is 0 Å². The lowest BCUT2D eigenvalue weighted by Crippen LogP contribution is -2.31. The molecule has 16 heteroatoms. The summed E-state index contributed by atoms with van der Waals surface area (Å²) >= 11 is 11.8. The molecule has 0 atom stereocenters. The van der Waals surface area contributed by atoms with Crippen molar-refractivity contribution in [3.05, 3.63) is 81.7 Å². The fraction of sp³-hybridized carbons (Fsp3) is 0.393. The number of halogens is 2. The largest absolute Gasteiger partial charge is 0.441 e. The van der Waals surface area contributed by atoms with Crippen LogP contribution >= 0.6 is 23.2 Å². The van der Waals surface area contributed by atoms with Gasteiger partial charge in [0.25, 0.3) is 10.0 Å². The smallest absolute Gasteiger partial charge is 0.434 e. The average molecular weight is 670 g/mol. The molecule has 3 rings (SSSR count). The molecule has 0 aliphatic rings. The highest BCUT2D eigenvalue weighted by Crippen LogP contribution is 2.17. The van der Waals surface area contributed by atoms with Crippen molar-refractivity contribution < 1.29 is 27.7 Å². The number of hydrogen-bond acceptors (Lipinski definition) is 9. The molecule has 1 aromatic heterocycles. The third kappa shape index (κ3) is 10.4. The number of nitrogens with zero attached hydrogens (tertiary/aromatic N) is 4. The van der Waals surface area contributed by atoms with Crippen LogP contribution in [0.2, 0.25) is 0 Å². The zero-order chi connectivity index (χ0) is 32.1. The number of rotatable bonds is 17. The summed E-state index contributed by atoms with van der Waals surface area (Å²) in [6, 6.07) is 14.0. The van der Waals surface area contributed by atoms with E-state index < -0.39 is 33.6 Å². The zero-order valence-electron chi connectivity index (χ0n) is 24.1. The second kappa shape index (κ2) is 16.8. The van der Waals surface area contributed by atoms with E-state index in [1.807, 2.05) is 24.3 Å². The number of hydrogen-bond donors (Lipinski definition) is 2. The fourth-order valence-electron chi connectivity index (χ4n) is 4.25. The highest BCUT2D eigenvalue weighted by Gasteiger charge is 2.21. The van der Waals surface area contributed by atoms with Gasteiger partial charge in [-0.3, -0.25) is 4.79 Å². The molecular weight excluding hydrogens is 635 g/mol. The molecule has 238 valence electrons. The summed E-state index contributed by atoms with van der Waals surface area (Å²) in [5.74, 6) is 0.525. The third-order valence-corrected chi connectivity index (χ3v) is 8.31. The molecule has 0 bridgehead atoms. The summed E-state index contributed by atoms with van der Waals surface area (Å²) < 4.78 is 32.9. The van der Waals surface area contributed by atoms with Crippen molar-refractivity contribution in [1.29, 1.82) is 0 Å². The monoisotopic (exact) mass is 668 g/mol. The number of nitro groups is 1. The van der Waals surface area contributed by atoms with E-state index in [1.54, 1.807) is 16.9 Å². The van der Waals surface area contributed by atoms with Crippen molar-refractivity contribution in [1.82, 2.24) is 19.6 Å². The number of carbonyl (C=O) groups excluding carboxylic acids is 2. The van der Waals surface area contributed by atoms with Gasteiger partial charge in [-0.2, -0.15) is 0 Å². The van der Waals surface area contributed by atoms with E-state index in [-0.39, 0.29) is 16.5 Å². The van der Waals surface area contributed by atoms with E-state index >= 15 is 0 Å². The number of aromatic nitrogens is 2. The van der Waals surface area contributed by atoms with Crippen LogP contribution in [0.5, 0.6) is 0 Å². The van der Waals surface area contributed by atoms with Crippen LogP contribution in [0.1, 0.15) is 29.7 Å². The summed E-state index contributed by atoms with van der Waals surface area (Å²) in [6.07, 6.45) is 2.24. The molecule has 2 N–H and O–H groups in total. The SMILES string of the molecule is Cn1c(COC(=O)NS(=O)(=O)c2ccc(CCNC(=O)CCCc3ccc(N(CCCl)CCCl)cc3)cc2)cnc1[N+](=O)[O-]. The van der Waals surface area contributed by atoms with Crippen molar-refractivity contribution in [2.45, 2.75) is 37.2 Å². The van der Waals surface area contributed by atoms with E-state index in [4.69, 9.17) is 27.9 Å². The minimum Gasteiger partial charge on any atom is -0.441 e. The number of amides is 2. The van der Waals surface area contributed by atoms with Crippen molar-refractivity contribution in [2.24, 2.45) is 7.05 Å². The molecule has 0 radical (unpaired) electrons. The van der Waals surface area contributed by atoms with Gasteiger partial charge in [0.1, 0.15) is 6.20 Å². The second-order valence-electron chi connectivity index (χ2n) is 9.68. The first-order valence-corrected chi connectivity index (χ1v) is 16.2. The van der Waals surface area contributed by atoms with Gasteiger partial charge in [0.2, 0.25) is 5.91 Å². The Hall–Kier alpha value is -3.88. The van der Waals surface area contributed by atoms with Gasteiger partial charge < -0.3 is 25.1 Å². The average Bonchev–Trinajstić information content (AvgIpc) is 3.36. The molecule has 3 aromatic rings. The highest BCUT2D eigenvalue weighted by molar-refractivity contribution is 7.90. The Morgan fingerprint density at radius 3 is 2.23 bits per heavy atom. The maximum absolute atomic E-state index is 12.5. The second-order valence-corrected chi connectivity index (χ2v) is 12.1. The molecule has 2 amide bonds. The van der Waals surface area contributed by atoms with Gasteiger partial charge in [-0.15, -0.1) is 23.2 Å². The number of nitrogens with one attached hydrogen (secondary N) is 2. The van der Waals surface area contributed by atoms with Crippen LogP contribution in [-0.4, -0.2) is 66.3 Å². The van der Waals surface area contributed by atoms with Crippen LogP contribution in [0.4, 0.5) is 16.4 Å². The first-order chi connectivity index (χ1) is 21.0. The minimum atomic E-state index is -4.22. The molecule has 13 nitrogen and oxygen atoms in total. The van der Waals surface area contributed by atoms with Gasteiger partial charge in [0, 0.05) is 43.5 Å². The molecule has 0 unspecified atom stereocenters. The number of ether oxygens (including phenoxy) is 1. The van der Waals surface area contributed by atoms with Gasteiger partial charge in [0.05, 0.1) is 11.9 Å². The molecule has 0 saturated carbocycles. The number of carbonyl (C=O) groups is 2. The topological polar surface area (TPSA) is 166 Å². The van der Waals surface area contributed by atoms with Crippen molar-refractivity contribution in [3.8, 4) is 0 Å². The third-order valence-electron chi connectivity index (χ3n) is 6.64. The number of aryl methyl sites for hydroxylation is 1. The molecule has 44 heavy (non-hydrogen) atoms.